The van der Waals surface area contributed by atoms with Crippen LogP contribution in [0.1, 0.15) is 41.2 Å². The normalized spacial score (nSPS) is 21.6. The van der Waals surface area contributed by atoms with Crippen molar-refractivity contribution in [2.75, 3.05) is 13.1 Å². The summed E-state index contributed by atoms with van der Waals surface area (Å²) >= 11 is 0. The first-order valence-electron chi connectivity index (χ1n) is 13.9. The highest BCUT2D eigenvalue weighted by molar-refractivity contribution is 6.07. The maximum atomic E-state index is 14.0. The average molecular weight is 570 g/mol. The predicted octanol–water partition coefficient (Wildman–Crippen LogP) is 3.41. The van der Waals surface area contributed by atoms with Crippen molar-refractivity contribution < 1.29 is 23.9 Å². The third-order valence-electron chi connectivity index (χ3n) is 7.90. The fraction of sp³-hybridized carbons (Fsp3) is 0.312. The Morgan fingerprint density at radius 1 is 1.00 bits per heavy atom. The largest absolute Gasteiger partial charge is 0.489 e. The molecule has 2 fully saturated rings. The third kappa shape index (κ3) is 5.93. The van der Waals surface area contributed by atoms with Crippen molar-refractivity contribution in [3.63, 3.8) is 0 Å². The summed E-state index contributed by atoms with van der Waals surface area (Å²) in [5, 5.41) is 10.6. The van der Waals surface area contributed by atoms with Gasteiger partial charge in [0.05, 0.1) is 6.54 Å². The van der Waals surface area contributed by atoms with Crippen LogP contribution in [-0.4, -0.2) is 47.4 Å². The molecule has 42 heavy (non-hydrogen) atoms. The molecule has 0 radical (unpaired) electrons. The highest BCUT2D eigenvalue weighted by Crippen LogP contribution is 2.35. The molecule has 5 rings (SSSR count). The number of imide groups is 1. The van der Waals surface area contributed by atoms with E-state index in [2.05, 4.69) is 39.5 Å². The number of ether oxygens (including phenoxy) is 1. The van der Waals surface area contributed by atoms with E-state index in [9.17, 15) is 19.2 Å². The van der Waals surface area contributed by atoms with Crippen LogP contribution in [0.3, 0.4) is 0 Å². The summed E-state index contributed by atoms with van der Waals surface area (Å²) in [6, 6.07) is 21.7. The first-order valence-corrected chi connectivity index (χ1v) is 13.9. The van der Waals surface area contributed by atoms with Gasteiger partial charge in [0.1, 0.15) is 23.4 Å². The minimum Gasteiger partial charge on any atom is -0.489 e. The van der Waals surface area contributed by atoms with E-state index in [-0.39, 0.29) is 32.0 Å². The average Bonchev–Trinajstić information content (AvgIpc) is 3.42. The molecule has 0 saturated carbocycles. The number of benzene rings is 3. The second kappa shape index (κ2) is 11.6. The van der Waals surface area contributed by atoms with E-state index < -0.39 is 29.0 Å². The number of amides is 6. The Kier molecular flexibility index (Phi) is 7.89. The van der Waals surface area contributed by atoms with Gasteiger partial charge in [0.2, 0.25) is 0 Å². The molecule has 0 aromatic heterocycles. The van der Waals surface area contributed by atoms with E-state index in [0.29, 0.717) is 17.9 Å². The van der Waals surface area contributed by atoms with Gasteiger partial charge in [0.15, 0.2) is 0 Å². The highest BCUT2D eigenvalue weighted by Gasteiger charge is 2.53. The molecule has 6 amide bonds. The quantitative estimate of drug-likeness (QED) is 0.294. The van der Waals surface area contributed by atoms with Gasteiger partial charge in [-0.05, 0) is 55.2 Å². The van der Waals surface area contributed by atoms with E-state index in [0.717, 1.165) is 22.3 Å². The first-order chi connectivity index (χ1) is 20.1. The molecule has 10 heteroatoms. The van der Waals surface area contributed by atoms with E-state index in [1.807, 2.05) is 44.2 Å². The molecular formula is C32H35N5O5. The van der Waals surface area contributed by atoms with Crippen molar-refractivity contribution in [3.05, 3.63) is 101 Å². The van der Waals surface area contributed by atoms with Crippen molar-refractivity contribution >= 4 is 23.9 Å². The SMILES string of the molecule is Cc1ccc(C)c(COc2ccc(C3(NC(=O)NCc4ccccc4)CCN(CC4(C)NC(=O)NC4=O)C3=O)cc2)c1. The van der Waals surface area contributed by atoms with Crippen molar-refractivity contribution in [2.45, 2.75) is 51.4 Å². The summed E-state index contributed by atoms with van der Waals surface area (Å²) in [4.78, 5) is 52.9. The van der Waals surface area contributed by atoms with Crippen molar-refractivity contribution in [1.29, 1.82) is 0 Å². The minimum atomic E-state index is -1.37. The molecule has 3 aromatic carbocycles. The van der Waals surface area contributed by atoms with Crippen LogP contribution in [0, 0.1) is 13.8 Å². The standard InChI is InChI=1S/C32H35N5O5/c1-21-9-10-22(2)24(17-21)19-42-26-13-11-25(12-14-26)32(36-29(40)33-18-23-7-5-4-6-8-23)15-16-37(28(32)39)20-31(3)27(38)34-30(41)35-31/h4-14,17H,15-16,18-20H2,1-3H3,(H2,33,36,40)(H2,34,35,38,41). The molecule has 2 atom stereocenters. The lowest BCUT2D eigenvalue weighted by Crippen LogP contribution is -2.57. The summed E-state index contributed by atoms with van der Waals surface area (Å²) in [5.41, 5.74) is 2.24. The van der Waals surface area contributed by atoms with E-state index in [4.69, 9.17) is 4.74 Å². The van der Waals surface area contributed by atoms with Crippen molar-refractivity contribution in [2.24, 2.45) is 0 Å². The highest BCUT2D eigenvalue weighted by atomic mass is 16.5. The molecule has 10 nitrogen and oxygen atoms in total. The number of likely N-dealkylation sites (tertiary alicyclic amines) is 1. The lowest BCUT2D eigenvalue weighted by atomic mass is 9.88. The Bertz CT molecular complexity index is 1510. The van der Waals surface area contributed by atoms with Gasteiger partial charge in [-0.25, -0.2) is 9.59 Å². The van der Waals surface area contributed by atoms with E-state index in [1.165, 1.54) is 4.90 Å². The summed E-state index contributed by atoms with van der Waals surface area (Å²) in [7, 11) is 0. The number of rotatable bonds is 9. The Morgan fingerprint density at radius 2 is 1.74 bits per heavy atom. The van der Waals surface area contributed by atoms with Gasteiger partial charge >= 0.3 is 12.1 Å². The van der Waals surface area contributed by atoms with Crippen LogP contribution in [-0.2, 0) is 28.3 Å². The number of nitrogens with zero attached hydrogens (tertiary/aromatic N) is 1. The van der Waals surface area contributed by atoms with Crippen LogP contribution in [0.25, 0.3) is 0 Å². The second-order valence-electron chi connectivity index (χ2n) is 11.2. The topological polar surface area (TPSA) is 129 Å². The molecule has 3 aromatic rings. The van der Waals surface area contributed by atoms with Crippen molar-refractivity contribution in [3.8, 4) is 5.75 Å². The van der Waals surface area contributed by atoms with Crippen LogP contribution < -0.4 is 26.0 Å². The molecule has 2 aliphatic heterocycles. The van der Waals surface area contributed by atoms with Crippen LogP contribution in [0.2, 0.25) is 0 Å². The molecule has 2 aliphatic rings. The lowest BCUT2D eigenvalue weighted by Gasteiger charge is -2.32. The Balaban J connectivity index is 1.36. The summed E-state index contributed by atoms with van der Waals surface area (Å²) in [5.74, 6) is -0.239. The fourth-order valence-electron chi connectivity index (χ4n) is 5.43. The maximum absolute atomic E-state index is 14.0. The number of aryl methyl sites for hydroxylation is 2. The smallest absolute Gasteiger partial charge is 0.322 e. The number of hydrogen-bond donors (Lipinski definition) is 4. The number of carbonyl (C=O) groups is 4. The number of hydrogen-bond acceptors (Lipinski definition) is 5. The summed E-state index contributed by atoms with van der Waals surface area (Å²) in [6.07, 6.45) is 0.277. The molecule has 0 aliphatic carbocycles. The van der Waals surface area contributed by atoms with Crippen LogP contribution in [0.15, 0.2) is 72.8 Å². The molecule has 0 spiro atoms. The molecule has 0 bridgehead atoms. The number of carbonyl (C=O) groups excluding carboxylic acids is 4. The number of nitrogens with one attached hydrogen (secondary N) is 4. The zero-order chi connectivity index (χ0) is 29.9. The van der Waals surface area contributed by atoms with E-state index in [1.54, 1.807) is 31.2 Å². The maximum Gasteiger partial charge on any atom is 0.322 e. The van der Waals surface area contributed by atoms with E-state index >= 15 is 0 Å². The van der Waals surface area contributed by atoms with Crippen molar-refractivity contribution in [1.82, 2.24) is 26.2 Å². The second-order valence-corrected chi connectivity index (χ2v) is 11.2. The Morgan fingerprint density at radius 3 is 2.43 bits per heavy atom. The zero-order valence-electron chi connectivity index (χ0n) is 24.0. The first kappa shape index (κ1) is 28.7. The zero-order valence-corrected chi connectivity index (χ0v) is 24.0. The Labute approximate surface area is 244 Å². The fourth-order valence-corrected chi connectivity index (χ4v) is 5.43. The molecule has 2 saturated heterocycles. The monoisotopic (exact) mass is 569 g/mol. The van der Waals surface area contributed by atoms with Gasteiger partial charge in [0.25, 0.3) is 11.8 Å². The third-order valence-corrected chi connectivity index (χ3v) is 7.90. The summed E-state index contributed by atoms with van der Waals surface area (Å²) < 4.78 is 6.04. The molecule has 4 N–H and O–H groups in total. The van der Waals surface area contributed by atoms with Gasteiger partial charge in [-0.1, -0.05) is 66.2 Å². The summed E-state index contributed by atoms with van der Waals surface area (Å²) in [6.45, 7) is 6.58. The van der Waals surface area contributed by atoms with Crippen LogP contribution >= 0.6 is 0 Å². The van der Waals surface area contributed by atoms with Gasteiger partial charge < -0.3 is 25.6 Å². The minimum absolute atomic E-state index is 0.0322. The molecular weight excluding hydrogens is 534 g/mol. The molecule has 2 heterocycles. The molecule has 218 valence electrons. The molecule has 2 unspecified atom stereocenters. The van der Waals surface area contributed by atoms with Gasteiger partial charge in [-0.2, -0.15) is 0 Å². The van der Waals surface area contributed by atoms with Gasteiger partial charge in [0, 0.05) is 19.5 Å². The number of urea groups is 2. The van der Waals surface area contributed by atoms with Crippen LogP contribution in [0.5, 0.6) is 5.75 Å². The van der Waals surface area contributed by atoms with Gasteiger partial charge in [-0.3, -0.25) is 14.9 Å². The van der Waals surface area contributed by atoms with Crippen LogP contribution in [0.4, 0.5) is 9.59 Å². The van der Waals surface area contributed by atoms with Gasteiger partial charge in [-0.15, -0.1) is 0 Å². The lowest BCUT2D eigenvalue weighted by molar-refractivity contribution is -0.135. The Hall–Kier alpha value is -4.86. The predicted molar refractivity (Wildman–Crippen MR) is 156 cm³/mol.